The van der Waals surface area contributed by atoms with E-state index >= 15 is 0 Å². The largest absolute Gasteiger partial charge is 0.457 e. The number of aryl methyl sites for hydroxylation is 1. The summed E-state index contributed by atoms with van der Waals surface area (Å²) in [4.78, 5) is 26.9. The van der Waals surface area contributed by atoms with E-state index in [1.165, 1.54) is 10.5 Å². The van der Waals surface area contributed by atoms with Gasteiger partial charge in [0.1, 0.15) is 11.5 Å². The molecular formula is C22H23NO3. The molecule has 2 aliphatic rings. The van der Waals surface area contributed by atoms with Crippen molar-refractivity contribution in [3.63, 3.8) is 0 Å². The lowest BCUT2D eigenvalue weighted by molar-refractivity contribution is -0.122. The number of nitrogens with zero attached hydrogens (tertiary/aromatic N) is 1. The molecule has 3 atom stereocenters. The zero-order valence-electron chi connectivity index (χ0n) is 15.1. The number of hydrogen-bond acceptors (Lipinski definition) is 3. The van der Waals surface area contributed by atoms with E-state index in [1.54, 1.807) is 24.3 Å². The Labute approximate surface area is 153 Å². The number of imide groups is 1. The summed E-state index contributed by atoms with van der Waals surface area (Å²) in [6, 6.07) is 15.0. The molecule has 2 fully saturated rings. The molecule has 0 aromatic heterocycles. The lowest BCUT2D eigenvalue weighted by Crippen LogP contribution is -2.30. The van der Waals surface area contributed by atoms with Crippen LogP contribution in [0.4, 0.5) is 5.69 Å². The lowest BCUT2D eigenvalue weighted by atomic mass is 9.76. The van der Waals surface area contributed by atoms with Gasteiger partial charge in [0, 0.05) is 0 Å². The highest BCUT2D eigenvalue weighted by atomic mass is 16.5. The van der Waals surface area contributed by atoms with Crippen molar-refractivity contribution in [2.45, 2.75) is 33.1 Å². The molecule has 134 valence electrons. The van der Waals surface area contributed by atoms with E-state index in [0.717, 1.165) is 25.0 Å². The maximum Gasteiger partial charge on any atom is 0.237 e. The van der Waals surface area contributed by atoms with Crippen LogP contribution < -0.4 is 9.64 Å². The third-order valence-corrected chi connectivity index (χ3v) is 5.54. The fourth-order valence-electron chi connectivity index (χ4n) is 4.05. The number of fused-ring (bicyclic) bond motifs is 1. The molecule has 0 spiro atoms. The summed E-state index contributed by atoms with van der Waals surface area (Å²) in [7, 11) is 0. The van der Waals surface area contributed by atoms with Crippen molar-refractivity contribution in [2.24, 2.45) is 17.8 Å². The highest BCUT2D eigenvalue weighted by Gasteiger charge is 2.49. The first-order chi connectivity index (χ1) is 12.5. The van der Waals surface area contributed by atoms with Gasteiger partial charge in [-0.1, -0.05) is 24.6 Å². The van der Waals surface area contributed by atoms with Gasteiger partial charge in [0.25, 0.3) is 0 Å². The zero-order valence-corrected chi connectivity index (χ0v) is 15.1. The molecule has 1 heterocycles. The maximum atomic E-state index is 12.8. The van der Waals surface area contributed by atoms with Crippen LogP contribution in [0.3, 0.4) is 0 Å². The summed E-state index contributed by atoms with van der Waals surface area (Å²) < 4.78 is 5.82. The van der Waals surface area contributed by atoms with Crippen LogP contribution in [0, 0.1) is 24.7 Å². The fraction of sp³-hybridized carbons (Fsp3) is 0.364. The van der Waals surface area contributed by atoms with Crippen LogP contribution in [-0.4, -0.2) is 11.8 Å². The summed E-state index contributed by atoms with van der Waals surface area (Å²) >= 11 is 0. The molecule has 0 radical (unpaired) electrons. The first kappa shape index (κ1) is 16.8. The molecule has 0 N–H and O–H groups in total. The van der Waals surface area contributed by atoms with Gasteiger partial charge in [-0.15, -0.1) is 0 Å². The van der Waals surface area contributed by atoms with E-state index in [9.17, 15) is 9.59 Å². The molecule has 26 heavy (non-hydrogen) atoms. The van der Waals surface area contributed by atoms with Crippen LogP contribution in [0.2, 0.25) is 0 Å². The molecule has 1 aliphatic heterocycles. The average Bonchev–Trinajstić information content (AvgIpc) is 2.88. The van der Waals surface area contributed by atoms with Crippen LogP contribution in [0.1, 0.15) is 31.7 Å². The van der Waals surface area contributed by atoms with E-state index in [2.05, 4.69) is 6.92 Å². The van der Waals surface area contributed by atoms with Crippen LogP contribution in [0.15, 0.2) is 48.5 Å². The van der Waals surface area contributed by atoms with E-state index < -0.39 is 0 Å². The number of hydrogen-bond donors (Lipinski definition) is 0. The molecule has 1 saturated heterocycles. The molecule has 2 amide bonds. The van der Waals surface area contributed by atoms with Crippen LogP contribution in [0.25, 0.3) is 0 Å². The molecule has 1 aliphatic carbocycles. The Bertz CT molecular complexity index is 825. The van der Waals surface area contributed by atoms with Crippen LogP contribution in [0.5, 0.6) is 11.5 Å². The normalized spacial score (nSPS) is 25.3. The second-order valence-electron chi connectivity index (χ2n) is 7.55. The van der Waals surface area contributed by atoms with Gasteiger partial charge >= 0.3 is 0 Å². The Morgan fingerprint density at radius 2 is 1.42 bits per heavy atom. The van der Waals surface area contributed by atoms with Gasteiger partial charge in [0.2, 0.25) is 11.8 Å². The molecule has 2 aromatic carbocycles. The highest BCUT2D eigenvalue weighted by Crippen LogP contribution is 2.42. The second kappa shape index (κ2) is 6.60. The van der Waals surface area contributed by atoms with Gasteiger partial charge in [-0.05, 0) is 68.5 Å². The predicted octanol–water partition coefficient (Wildman–Crippen LogP) is 4.71. The Kier molecular flexibility index (Phi) is 4.27. The van der Waals surface area contributed by atoms with E-state index in [-0.39, 0.29) is 23.7 Å². The molecule has 1 saturated carbocycles. The van der Waals surface area contributed by atoms with Crippen molar-refractivity contribution >= 4 is 17.5 Å². The number of amides is 2. The van der Waals surface area contributed by atoms with E-state index in [4.69, 9.17) is 4.74 Å². The number of carbonyl (C=O) groups is 2. The summed E-state index contributed by atoms with van der Waals surface area (Å²) in [5.74, 6) is 1.59. The second-order valence-corrected chi connectivity index (χ2v) is 7.55. The first-order valence-corrected chi connectivity index (χ1v) is 9.25. The number of rotatable bonds is 3. The van der Waals surface area contributed by atoms with Crippen molar-refractivity contribution in [1.29, 1.82) is 0 Å². The summed E-state index contributed by atoms with van der Waals surface area (Å²) in [6.45, 7) is 4.19. The summed E-state index contributed by atoms with van der Waals surface area (Å²) in [6.07, 6.45) is 2.67. The standard InChI is InChI=1S/C22H23NO3/c1-14-3-8-17(9-4-14)26-18-10-6-16(7-11-18)23-21(24)19-12-5-15(2)13-20(19)22(23)25/h3-4,6-11,15,19-20H,5,12-13H2,1-2H3/t15-,19+,20-/m1/s1. The smallest absolute Gasteiger partial charge is 0.237 e. The molecule has 2 aromatic rings. The fourth-order valence-corrected chi connectivity index (χ4v) is 4.05. The Balaban J connectivity index is 1.52. The number of anilines is 1. The Morgan fingerprint density at radius 1 is 0.846 bits per heavy atom. The maximum absolute atomic E-state index is 12.8. The Hall–Kier alpha value is -2.62. The molecule has 4 heteroatoms. The SMILES string of the molecule is Cc1ccc(Oc2ccc(N3C(=O)[C@H]4CC[C@@H](C)C[C@H]4C3=O)cc2)cc1. The van der Waals surface area contributed by atoms with Gasteiger partial charge in [-0.25, -0.2) is 0 Å². The summed E-state index contributed by atoms with van der Waals surface area (Å²) in [5, 5.41) is 0. The third-order valence-electron chi connectivity index (χ3n) is 5.54. The highest BCUT2D eigenvalue weighted by molar-refractivity contribution is 6.22. The van der Waals surface area contributed by atoms with Crippen LogP contribution in [-0.2, 0) is 9.59 Å². The van der Waals surface area contributed by atoms with Crippen molar-refractivity contribution < 1.29 is 14.3 Å². The molecule has 4 rings (SSSR count). The van der Waals surface area contributed by atoms with Crippen molar-refractivity contribution in [3.05, 3.63) is 54.1 Å². The predicted molar refractivity (Wildman–Crippen MR) is 100 cm³/mol. The monoisotopic (exact) mass is 349 g/mol. The van der Waals surface area contributed by atoms with Gasteiger partial charge in [0.05, 0.1) is 17.5 Å². The minimum atomic E-state index is -0.144. The minimum absolute atomic E-state index is 0.0425. The summed E-state index contributed by atoms with van der Waals surface area (Å²) in [5.41, 5.74) is 1.81. The van der Waals surface area contributed by atoms with Gasteiger partial charge < -0.3 is 4.74 Å². The lowest BCUT2D eigenvalue weighted by Gasteiger charge is -2.25. The number of ether oxygens (including phenoxy) is 1. The number of benzene rings is 2. The number of carbonyl (C=O) groups excluding carboxylic acids is 2. The first-order valence-electron chi connectivity index (χ1n) is 9.25. The van der Waals surface area contributed by atoms with Gasteiger partial charge in [0.15, 0.2) is 0 Å². The topological polar surface area (TPSA) is 46.6 Å². The van der Waals surface area contributed by atoms with Gasteiger partial charge in [-0.3, -0.25) is 14.5 Å². The molecule has 0 unspecified atom stereocenters. The van der Waals surface area contributed by atoms with E-state index in [1.807, 2.05) is 31.2 Å². The molecule has 0 bridgehead atoms. The Morgan fingerprint density at radius 3 is 2.08 bits per heavy atom. The van der Waals surface area contributed by atoms with Crippen molar-refractivity contribution in [2.75, 3.05) is 4.90 Å². The van der Waals surface area contributed by atoms with Crippen molar-refractivity contribution in [1.82, 2.24) is 0 Å². The molecular weight excluding hydrogens is 326 g/mol. The zero-order chi connectivity index (χ0) is 18.3. The quantitative estimate of drug-likeness (QED) is 0.754. The van der Waals surface area contributed by atoms with Crippen molar-refractivity contribution in [3.8, 4) is 11.5 Å². The third kappa shape index (κ3) is 3.00. The van der Waals surface area contributed by atoms with E-state index in [0.29, 0.717) is 17.4 Å². The molecule has 4 nitrogen and oxygen atoms in total. The minimum Gasteiger partial charge on any atom is -0.457 e. The van der Waals surface area contributed by atoms with Gasteiger partial charge in [-0.2, -0.15) is 0 Å². The average molecular weight is 349 g/mol. The van der Waals surface area contributed by atoms with Crippen LogP contribution >= 0.6 is 0 Å².